The zero-order chi connectivity index (χ0) is 15.3. The summed E-state index contributed by atoms with van der Waals surface area (Å²) in [6.45, 7) is 0.189. The first kappa shape index (κ1) is 15.3. The van der Waals surface area contributed by atoms with Crippen LogP contribution in [0.1, 0.15) is 11.1 Å². The van der Waals surface area contributed by atoms with Gasteiger partial charge < -0.3 is 10.5 Å². The highest BCUT2D eigenvalue weighted by atomic mass is 32.2. The van der Waals surface area contributed by atoms with Gasteiger partial charge in [0.25, 0.3) is 0 Å². The van der Waals surface area contributed by atoms with Crippen molar-refractivity contribution in [1.29, 1.82) is 0 Å². The van der Waals surface area contributed by atoms with E-state index < -0.39 is 10.0 Å². The first-order valence-electron chi connectivity index (χ1n) is 6.29. The Morgan fingerprint density at radius 2 is 1.81 bits per heavy atom. The maximum atomic E-state index is 12.0. The lowest BCUT2D eigenvalue weighted by atomic mass is 10.2. The normalized spacial score (nSPS) is 11.3. The molecule has 0 amide bonds. The molecule has 112 valence electrons. The molecule has 3 N–H and O–H groups in total. The second-order valence-electron chi connectivity index (χ2n) is 4.53. The van der Waals surface area contributed by atoms with E-state index in [-0.39, 0.29) is 12.3 Å². The van der Waals surface area contributed by atoms with Crippen molar-refractivity contribution in [2.24, 2.45) is 0 Å². The molecule has 2 rings (SSSR count). The fourth-order valence-corrected chi connectivity index (χ4v) is 2.83. The van der Waals surface area contributed by atoms with Crippen molar-refractivity contribution >= 4 is 15.7 Å². The van der Waals surface area contributed by atoms with Crippen molar-refractivity contribution in [1.82, 2.24) is 9.71 Å². The summed E-state index contributed by atoms with van der Waals surface area (Å²) in [4.78, 5) is 4.02. The fraction of sp³-hybridized carbons (Fsp3) is 0.214. The first-order chi connectivity index (χ1) is 9.98. The lowest BCUT2D eigenvalue weighted by Gasteiger charge is -2.07. The van der Waals surface area contributed by atoms with E-state index in [1.165, 1.54) is 7.11 Å². The van der Waals surface area contributed by atoms with Crippen molar-refractivity contribution in [3.8, 4) is 5.88 Å². The molecule has 1 heterocycles. The smallest absolute Gasteiger partial charge is 0.216 e. The molecule has 0 saturated carbocycles. The van der Waals surface area contributed by atoms with Gasteiger partial charge in [-0.15, -0.1) is 0 Å². The molecule has 0 aliphatic heterocycles. The molecule has 0 unspecified atom stereocenters. The Balaban J connectivity index is 1.95. The molecule has 0 spiro atoms. The number of nitrogen functional groups attached to an aromatic ring is 1. The van der Waals surface area contributed by atoms with Gasteiger partial charge >= 0.3 is 0 Å². The van der Waals surface area contributed by atoms with Gasteiger partial charge in [-0.05, 0) is 23.3 Å². The van der Waals surface area contributed by atoms with E-state index in [0.717, 1.165) is 5.56 Å². The number of pyridine rings is 1. The summed E-state index contributed by atoms with van der Waals surface area (Å²) in [6.07, 6.45) is 1.57. The number of hydrogen-bond donors (Lipinski definition) is 2. The number of anilines is 1. The van der Waals surface area contributed by atoms with Crippen LogP contribution in [-0.4, -0.2) is 20.5 Å². The third kappa shape index (κ3) is 4.73. The van der Waals surface area contributed by atoms with Crippen molar-refractivity contribution in [2.75, 3.05) is 12.8 Å². The van der Waals surface area contributed by atoms with Crippen molar-refractivity contribution in [2.45, 2.75) is 12.3 Å². The Morgan fingerprint density at radius 1 is 1.14 bits per heavy atom. The summed E-state index contributed by atoms with van der Waals surface area (Å²) in [5, 5.41) is 0. The van der Waals surface area contributed by atoms with Gasteiger partial charge in [0, 0.05) is 24.5 Å². The van der Waals surface area contributed by atoms with Gasteiger partial charge in [0.2, 0.25) is 15.9 Å². The Labute approximate surface area is 124 Å². The summed E-state index contributed by atoms with van der Waals surface area (Å²) < 4.78 is 31.5. The minimum Gasteiger partial charge on any atom is -0.481 e. The second kappa shape index (κ2) is 6.55. The van der Waals surface area contributed by atoms with Gasteiger partial charge in [-0.1, -0.05) is 18.2 Å². The molecule has 21 heavy (non-hydrogen) atoms. The van der Waals surface area contributed by atoms with Gasteiger partial charge in [-0.3, -0.25) is 0 Å². The molecule has 0 aliphatic carbocycles. The van der Waals surface area contributed by atoms with Gasteiger partial charge in [0.15, 0.2) is 0 Å². The number of sulfonamides is 1. The Hall–Kier alpha value is -2.12. The number of nitrogens with one attached hydrogen (secondary N) is 1. The highest BCUT2D eigenvalue weighted by molar-refractivity contribution is 7.88. The number of methoxy groups -OCH3 is 1. The average molecular weight is 307 g/mol. The third-order valence-corrected chi connectivity index (χ3v) is 4.14. The maximum Gasteiger partial charge on any atom is 0.216 e. The van der Waals surface area contributed by atoms with E-state index in [9.17, 15) is 8.42 Å². The SMILES string of the molecule is COc1ccc(CNS(=O)(=O)Cc2ccc(N)cc2)cn1. The van der Waals surface area contributed by atoms with E-state index >= 15 is 0 Å². The molecule has 0 bridgehead atoms. The monoisotopic (exact) mass is 307 g/mol. The Morgan fingerprint density at radius 3 is 2.38 bits per heavy atom. The highest BCUT2D eigenvalue weighted by Crippen LogP contribution is 2.10. The molecule has 6 nitrogen and oxygen atoms in total. The highest BCUT2D eigenvalue weighted by Gasteiger charge is 2.11. The van der Waals surface area contributed by atoms with Crippen LogP contribution in [-0.2, 0) is 22.3 Å². The maximum absolute atomic E-state index is 12.0. The average Bonchev–Trinajstić information content (AvgIpc) is 2.48. The minimum atomic E-state index is -3.41. The molecule has 7 heteroatoms. The molecular formula is C14H17N3O3S. The summed E-state index contributed by atoms with van der Waals surface area (Å²) in [6, 6.07) is 10.2. The number of nitrogens with zero attached hydrogens (tertiary/aromatic N) is 1. The summed E-state index contributed by atoms with van der Waals surface area (Å²) in [5.41, 5.74) is 7.62. The van der Waals surface area contributed by atoms with E-state index in [4.69, 9.17) is 10.5 Å². The third-order valence-electron chi connectivity index (χ3n) is 2.84. The number of aromatic nitrogens is 1. The topological polar surface area (TPSA) is 94.3 Å². The van der Waals surface area contributed by atoms with Crippen LogP contribution in [0, 0.1) is 0 Å². The molecular weight excluding hydrogens is 290 g/mol. The summed E-state index contributed by atoms with van der Waals surface area (Å²) in [7, 11) is -1.89. The largest absolute Gasteiger partial charge is 0.481 e. The molecule has 1 aromatic carbocycles. The number of benzene rings is 1. The Kier molecular flexibility index (Phi) is 4.77. The zero-order valence-electron chi connectivity index (χ0n) is 11.6. The predicted molar refractivity (Wildman–Crippen MR) is 81.1 cm³/mol. The molecule has 1 aromatic heterocycles. The predicted octanol–water partition coefficient (Wildman–Crippen LogP) is 1.29. The number of nitrogens with two attached hydrogens (primary N) is 1. The van der Waals surface area contributed by atoms with Crippen LogP contribution in [0.5, 0.6) is 5.88 Å². The van der Waals surface area contributed by atoms with Gasteiger partial charge in [0.1, 0.15) is 0 Å². The van der Waals surface area contributed by atoms with Crippen LogP contribution in [0.4, 0.5) is 5.69 Å². The van der Waals surface area contributed by atoms with Gasteiger partial charge in [-0.25, -0.2) is 18.1 Å². The number of ether oxygens (including phenoxy) is 1. The summed E-state index contributed by atoms with van der Waals surface area (Å²) >= 11 is 0. The second-order valence-corrected chi connectivity index (χ2v) is 6.34. The molecule has 0 aliphatic rings. The summed E-state index contributed by atoms with van der Waals surface area (Å²) in [5.74, 6) is 0.403. The lowest BCUT2D eigenvalue weighted by Crippen LogP contribution is -2.24. The van der Waals surface area contributed by atoms with Crippen molar-refractivity contribution < 1.29 is 13.2 Å². The van der Waals surface area contributed by atoms with Crippen LogP contribution in [0.2, 0.25) is 0 Å². The molecule has 0 saturated heterocycles. The van der Waals surface area contributed by atoms with Crippen LogP contribution >= 0.6 is 0 Å². The molecule has 0 fully saturated rings. The van der Waals surface area contributed by atoms with E-state index in [2.05, 4.69) is 9.71 Å². The van der Waals surface area contributed by atoms with Crippen LogP contribution in [0.3, 0.4) is 0 Å². The minimum absolute atomic E-state index is 0.0864. The number of hydrogen-bond acceptors (Lipinski definition) is 5. The molecule has 0 atom stereocenters. The van der Waals surface area contributed by atoms with Crippen LogP contribution in [0.15, 0.2) is 42.6 Å². The first-order valence-corrected chi connectivity index (χ1v) is 7.94. The van der Waals surface area contributed by atoms with Gasteiger partial charge in [-0.2, -0.15) is 0 Å². The quantitative estimate of drug-likeness (QED) is 0.784. The standard InChI is InChI=1S/C14H17N3O3S/c1-20-14-7-4-12(8-16-14)9-17-21(18,19)10-11-2-5-13(15)6-3-11/h2-8,17H,9-10,15H2,1H3. The van der Waals surface area contributed by atoms with E-state index in [0.29, 0.717) is 17.1 Å². The number of rotatable bonds is 6. The van der Waals surface area contributed by atoms with Crippen LogP contribution in [0.25, 0.3) is 0 Å². The fourth-order valence-electron chi connectivity index (χ4n) is 1.71. The van der Waals surface area contributed by atoms with E-state index in [1.807, 2.05) is 0 Å². The van der Waals surface area contributed by atoms with Crippen molar-refractivity contribution in [3.05, 3.63) is 53.7 Å². The molecule has 2 aromatic rings. The van der Waals surface area contributed by atoms with Gasteiger partial charge in [0.05, 0.1) is 12.9 Å². The molecule has 0 radical (unpaired) electrons. The zero-order valence-corrected chi connectivity index (χ0v) is 12.4. The van der Waals surface area contributed by atoms with Crippen molar-refractivity contribution in [3.63, 3.8) is 0 Å². The Bertz CT molecular complexity index is 682. The van der Waals surface area contributed by atoms with E-state index in [1.54, 1.807) is 42.6 Å². The van der Waals surface area contributed by atoms with Crippen LogP contribution < -0.4 is 15.2 Å². The lowest BCUT2D eigenvalue weighted by molar-refractivity contribution is 0.397.